The molecule has 0 bridgehead atoms. The molecule has 3 N–H and O–H groups in total. The number of benzene rings is 1. The number of nitrogens with zero attached hydrogens (tertiary/aromatic N) is 5. The number of nitrogens with one attached hydrogen (secondary N) is 3. The van der Waals surface area contributed by atoms with Crippen LogP contribution in [0.3, 0.4) is 0 Å². The number of anilines is 3. The molecule has 1 fully saturated rings. The highest BCUT2D eigenvalue weighted by molar-refractivity contribution is 5.59. The summed E-state index contributed by atoms with van der Waals surface area (Å²) >= 11 is 0. The van der Waals surface area contributed by atoms with Crippen LogP contribution < -0.4 is 15.4 Å². The third kappa shape index (κ3) is 6.65. The zero-order chi connectivity index (χ0) is 24.9. The van der Waals surface area contributed by atoms with E-state index >= 15 is 0 Å². The van der Waals surface area contributed by atoms with Crippen LogP contribution in [0.15, 0.2) is 53.1 Å². The van der Waals surface area contributed by atoms with Crippen LogP contribution in [0.2, 0.25) is 0 Å². The van der Waals surface area contributed by atoms with Crippen molar-refractivity contribution in [3.05, 3.63) is 60.0 Å². The zero-order valence-corrected chi connectivity index (χ0v) is 20.9. The van der Waals surface area contributed by atoms with Crippen LogP contribution in [0.5, 0.6) is 5.88 Å². The Hall–Kier alpha value is -3.92. The molecule has 1 aromatic carbocycles. The number of aromatic nitrogens is 5. The van der Waals surface area contributed by atoms with Gasteiger partial charge in [-0.05, 0) is 32.4 Å². The molecule has 10 nitrogen and oxygen atoms in total. The molecule has 1 aliphatic heterocycles. The molecule has 1 atom stereocenters. The Morgan fingerprint density at radius 1 is 1.14 bits per heavy atom. The minimum absolute atomic E-state index is 0. The summed E-state index contributed by atoms with van der Waals surface area (Å²) in [5, 5.41) is 18.1. The summed E-state index contributed by atoms with van der Waals surface area (Å²) in [7, 11) is 2.13. The molecule has 0 aliphatic carbocycles. The van der Waals surface area contributed by atoms with Gasteiger partial charge in [0.15, 0.2) is 11.6 Å². The lowest BCUT2D eigenvalue weighted by atomic mass is 10.1. The van der Waals surface area contributed by atoms with Crippen LogP contribution >= 0.6 is 0 Å². The van der Waals surface area contributed by atoms with Gasteiger partial charge in [0.2, 0.25) is 11.8 Å². The summed E-state index contributed by atoms with van der Waals surface area (Å²) in [5.74, 6) is 3.23. The summed E-state index contributed by atoms with van der Waals surface area (Å²) in [6.07, 6.45) is 2.31. The highest BCUT2D eigenvalue weighted by Gasteiger charge is 2.22. The van der Waals surface area contributed by atoms with Crippen LogP contribution in [0.1, 0.15) is 51.5 Å². The molecule has 37 heavy (non-hydrogen) atoms. The quantitative estimate of drug-likeness (QED) is 0.259. The summed E-state index contributed by atoms with van der Waals surface area (Å²) in [6.45, 7) is 6.28. The Labute approximate surface area is 217 Å². The fourth-order valence-corrected chi connectivity index (χ4v) is 4.15. The molecule has 0 spiro atoms. The molecule has 10 heteroatoms. The minimum Gasteiger partial charge on any atom is -0.476 e. The van der Waals surface area contributed by atoms with E-state index < -0.39 is 0 Å². The molecule has 1 aliphatic rings. The van der Waals surface area contributed by atoms with Crippen molar-refractivity contribution in [2.45, 2.75) is 52.6 Å². The lowest BCUT2D eigenvalue weighted by Gasteiger charge is -2.19. The number of ether oxygens (including phenoxy) is 1. The van der Waals surface area contributed by atoms with Crippen LogP contribution in [0, 0.1) is 0 Å². The van der Waals surface area contributed by atoms with Gasteiger partial charge in [0, 0.05) is 35.5 Å². The van der Waals surface area contributed by atoms with E-state index in [1.165, 1.54) is 6.42 Å². The topological polar surface area (TPSA) is 117 Å². The van der Waals surface area contributed by atoms with Gasteiger partial charge in [-0.2, -0.15) is 15.1 Å². The van der Waals surface area contributed by atoms with E-state index in [2.05, 4.69) is 61.8 Å². The second-order valence-corrected chi connectivity index (χ2v) is 9.39. The van der Waals surface area contributed by atoms with E-state index in [-0.39, 0.29) is 7.43 Å². The predicted octanol–water partition coefficient (Wildman–Crippen LogP) is 5.44. The molecule has 0 amide bonds. The van der Waals surface area contributed by atoms with Gasteiger partial charge in [-0.1, -0.05) is 56.8 Å². The molecular weight excluding hydrogens is 468 g/mol. The van der Waals surface area contributed by atoms with Gasteiger partial charge in [0.1, 0.15) is 18.1 Å². The Kier molecular flexibility index (Phi) is 8.39. The lowest BCUT2D eigenvalue weighted by Crippen LogP contribution is -2.30. The number of hydrogen-bond acceptors (Lipinski definition) is 9. The third-order valence-corrected chi connectivity index (χ3v) is 6.32. The Bertz CT molecular complexity index is 1270. The molecule has 4 aromatic rings. The molecular formula is C27H36N8O2. The van der Waals surface area contributed by atoms with Crippen LogP contribution in [0.4, 0.5) is 17.6 Å². The maximum atomic E-state index is 6.10. The SMILES string of the molecule is C.CC(C)c1cc(Nc2cc(OC[C@@H]3CCCN3C)nc(NCc3cc(-c4ccccc4)no3)n2)n[nH]1. The van der Waals surface area contributed by atoms with E-state index in [1.54, 1.807) is 6.07 Å². The van der Waals surface area contributed by atoms with Crippen molar-refractivity contribution in [1.29, 1.82) is 0 Å². The standard InChI is InChI=1S/C26H32N8O2.CH4/c1-17(2)21-13-24(32-31-21)28-23-14-25(35-16-19-10-7-11-34(19)3)30-26(29-23)27-15-20-12-22(33-36-20)18-8-5-4-6-9-18;/h4-6,8-9,12-14,17,19H,7,10-11,15-16H2,1-3H3,(H3,27,28,29,30,31,32);1H4/t19-;/m0./s1. The third-order valence-electron chi connectivity index (χ3n) is 6.32. The fourth-order valence-electron chi connectivity index (χ4n) is 4.15. The highest BCUT2D eigenvalue weighted by atomic mass is 16.5. The number of H-pyrrole nitrogens is 1. The first-order chi connectivity index (χ1) is 17.5. The largest absolute Gasteiger partial charge is 0.476 e. The second-order valence-electron chi connectivity index (χ2n) is 9.39. The van der Waals surface area contributed by atoms with Gasteiger partial charge in [-0.25, -0.2) is 0 Å². The van der Waals surface area contributed by atoms with Crippen LogP contribution in [-0.4, -0.2) is 56.5 Å². The second kappa shape index (κ2) is 11.9. The van der Waals surface area contributed by atoms with E-state index in [1.807, 2.05) is 42.5 Å². The maximum absolute atomic E-state index is 6.10. The number of likely N-dealkylation sites (tertiary alicyclic amines) is 1. The number of hydrogen-bond donors (Lipinski definition) is 3. The highest BCUT2D eigenvalue weighted by Crippen LogP contribution is 2.24. The number of aromatic amines is 1. The van der Waals surface area contributed by atoms with E-state index in [0.29, 0.717) is 54.3 Å². The van der Waals surface area contributed by atoms with Crippen molar-refractivity contribution in [1.82, 2.24) is 30.2 Å². The van der Waals surface area contributed by atoms with Crippen molar-refractivity contribution in [3.8, 4) is 17.1 Å². The van der Waals surface area contributed by atoms with Crippen molar-refractivity contribution in [2.75, 3.05) is 30.8 Å². The summed E-state index contributed by atoms with van der Waals surface area (Å²) in [4.78, 5) is 11.5. The van der Waals surface area contributed by atoms with Crippen molar-refractivity contribution >= 4 is 17.6 Å². The monoisotopic (exact) mass is 504 g/mol. The average molecular weight is 505 g/mol. The van der Waals surface area contributed by atoms with Gasteiger partial charge in [-0.3, -0.25) is 5.10 Å². The predicted molar refractivity (Wildman–Crippen MR) is 145 cm³/mol. The lowest BCUT2D eigenvalue weighted by molar-refractivity contribution is 0.193. The Morgan fingerprint density at radius 3 is 2.70 bits per heavy atom. The van der Waals surface area contributed by atoms with Gasteiger partial charge in [-0.15, -0.1) is 0 Å². The molecule has 3 aromatic heterocycles. The fraction of sp³-hybridized carbons (Fsp3) is 0.407. The molecule has 4 heterocycles. The van der Waals surface area contributed by atoms with Crippen LogP contribution in [0.25, 0.3) is 11.3 Å². The maximum Gasteiger partial charge on any atom is 0.228 e. The van der Waals surface area contributed by atoms with Crippen molar-refractivity contribution in [3.63, 3.8) is 0 Å². The smallest absolute Gasteiger partial charge is 0.228 e. The summed E-state index contributed by atoms with van der Waals surface area (Å²) < 4.78 is 11.6. The first kappa shape index (κ1) is 26.2. The molecule has 0 radical (unpaired) electrons. The Morgan fingerprint density at radius 2 is 1.97 bits per heavy atom. The zero-order valence-electron chi connectivity index (χ0n) is 20.9. The van der Waals surface area contributed by atoms with E-state index in [9.17, 15) is 0 Å². The first-order valence-electron chi connectivity index (χ1n) is 12.3. The average Bonchev–Trinajstić information content (AvgIpc) is 3.63. The summed E-state index contributed by atoms with van der Waals surface area (Å²) in [5.41, 5.74) is 2.83. The molecule has 0 saturated carbocycles. The number of likely N-dealkylation sites (N-methyl/N-ethyl adjacent to an activating group) is 1. The van der Waals surface area contributed by atoms with Gasteiger partial charge < -0.3 is 24.8 Å². The Balaban J connectivity index is 0.00000320. The molecule has 5 rings (SSSR count). The van der Waals surface area contributed by atoms with Crippen LogP contribution in [-0.2, 0) is 6.54 Å². The van der Waals surface area contributed by atoms with Gasteiger partial charge >= 0.3 is 0 Å². The molecule has 196 valence electrons. The van der Waals surface area contributed by atoms with E-state index in [4.69, 9.17) is 9.26 Å². The van der Waals surface area contributed by atoms with Crippen molar-refractivity contribution in [2.24, 2.45) is 0 Å². The van der Waals surface area contributed by atoms with Gasteiger partial charge in [0.25, 0.3) is 0 Å². The number of rotatable bonds is 10. The van der Waals surface area contributed by atoms with Gasteiger partial charge in [0.05, 0.1) is 6.54 Å². The van der Waals surface area contributed by atoms with E-state index in [0.717, 1.165) is 29.9 Å². The minimum atomic E-state index is 0. The summed E-state index contributed by atoms with van der Waals surface area (Å²) in [6, 6.07) is 16.0. The normalized spacial score (nSPS) is 15.5. The van der Waals surface area contributed by atoms with Crippen molar-refractivity contribution < 1.29 is 9.26 Å². The molecule has 1 saturated heterocycles. The first-order valence-corrected chi connectivity index (χ1v) is 12.3. The molecule has 0 unspecified atom stereocenters.